The smallest absolute Gasteiger partial charge is 0.271 e. The van der Waals surface area contributed by atoms with Crippen LogP contribution in [0.5, 0.6) is 5.88 Å². The third-order valence-corrected chi connectivity index (χ3v) is 2.03. The molecule has 0 saturated carbocycles. The highest BCUT2D eigenvalue weighted by Gasteiger charge is 2.16. The molecule has 0 unspecified atom stereocenters. The van der Waals surface area contributed by atoms with Gasteiger partial charge in [0.25, 0.3) is 5.88 Å². The number of nitrogens with two attached hydrogens (primary N) is 1. The molecule has 0 aliphatic carbocycles. The molecule has 0 aliphatic heterocycles. The van der Waals surface area contributed by atoms with Gasteiger partial charge in [-0.1, -0.05) is 18.2 Å². The number of hydrogen-bond acceptors (Lipinski definition) is 3. The maximum absolute atomic E-state index is 13.4. The fourth-order valence-electron chi connectivity index (χ4n) is 1.29. The third kappa shape index (κ3) is 1.52. The van der Waals surface area contributed by atoms with E-state index >= 15 is 0 Å². The Hall–Kier alpha value is -2.04. The van der Waals surface area contributed by atoms with E-state index in [1.165, 1.54) is 11.8 Å². The van der Waals surface area contributed by atoms with Gasteiger partial charge in [0, 0.05) is 0 Å². The Morgan fingerprint density at radius 1 is 1.33 bits per heavy atom. The van der Waals surface area contributed by atoms with Gasteiger partial charge in [0.1, 0.15) is 0 Å². The van der Waals surface area contributed by atoms with E-state index in [4.69, 9.17) is 10.5 Å². The molecule has 0 atom stereocenters. The molecule has 4 nitrogen and oxygen atoms in total. The monoisotopic (exact) mass is 207 g/mol. The van der Waals surface area contributed by atoms with Crippen molar-refractivity contribution in [2.24, 2.45) is 0 Å². The fraction of sp³-hybridized carbons (Fsp3) is 0.100. The zero-order valence-electron chi connectivity index (χ0n) is 8.14. The minimum absolute atomic E-state index is 0.0574. The summed E-state index contributed by atoms with van der Waals surface area (Å²) in [6, 6.07) is 9.06. The summed E-state index contributed by atoms with van der Waals surface area (Å²) in [5.74, 6) is -0.796. The molecule has 0 aliphatic rings. The fourth-order valence-corrected chi connectivity index (χ4v) is 1.29. The Kier molecular flexibility index (Phi) is 2.29. The van der Waals surface area contributed by atoms with Crippen LogP contribution in [0.15, 0.2) is 30.3 Å². The van der Waals surface area contributed by atoms with Crippen molar-refractivity contribution in [1.29, 1.82) is 0 Å². The van der Waals surface area contributed by atoms with Crippen molar-refractivity contribution in [3.63, 3.8) is 0 Å². The van der Waals surface area contributed by atoms with Crippen LogP contribution in [0, 0.1) is 5.82 Å². The first-order valence-electron chi connectivity index (χ1n) is 4.37. The molecular weight excluding hydrogens is 197 g/mol. The summed E-state index contributed by atoms with van der Waals surface area (Å²) in [5.41, 5.74) is 6.25. The molecule has 0 bridgehead atoms. The van der Waals surface area contributed by atoms with Crippen molar-refractivity contribution in [2.45, 2.75) is 0 Å². The molecule has 1 aromatic carbocycles. The minimum atomic E-state index is -0.638. The second-order valence-electron chi connectivity index (χ2n) is 2.96. The number of nitrogen functional groups attached to an aromatic ring is 1. The summed E-state index contributed by atoms with van der Waals surface area (Å²) < 4.78 is 19.4. The maximum atomic E-state index is 13.4. The van der Waals surface area contributed by atoms with Gasteiger partial charge < -0.3 is 10.5 Å². The summed E-state index contributed by atoms with van der Waals surface area (Å²) in [4.78, 5) is 0. The molecule has 5 heteroatoms. The zero-order chi connectivity index (χ0) is 10.8. The van der Waals surface area contributed by atoms with Gasteiger partial charge in [-0.3, -0.25) is 0 Å². The van der Waals surface area contributed by atoms with Gasteiger partial charge in [0.2, 0.25) is 5.82 Å². The maximum Gasteiger partial charge on any atom is 0.271 e. The molecule has 78 valence electrons. The number of para-hydroxylation sites is 1. The number of benzene rings is 1. The number of nitrogens with zero attached hydrogens (tertiary/aromatic N) is 2. The molecule has 2 rings (SSSR count). The van der Waals surface area contributed by atoms with Crippen molar-refractivity contribution in [1.82, 2.24) is 9.78 Å². The van der Waals surface area contributed by atoms with Crippen LogP contribution in [0.1, 0.15) is 0 Å². The molecule has 0 saturated heterocycles. The van der Waals surface area contributed by atoms with E-state index < -0.39 is 5.82 Å². The van der Waals surface area contributed by atoms with E-state index in [2.05, 4.69) is 5.10 Å². The van der Waals surface area contributed by atoms with Crippen molar-refractivity contribution in [3.8, 4) is 11.6 Å². The molecule has 1 aromatic heterocycles. The normalized spacial score (nSPS) is 10.3. The molecule has 2 aromatic rings. The SMILES string of the molecule is COc1nn(-c2ccccc2)c(N)c1F. The lowest BCUT2D eigenvalue weighted by Crippen LogP contribution is -2.01. The van der Waals surface area contributed by atoms with Crippen molar-refractivity contribution in [3.05, 3.63) is 36.1 Å². The number of anilines is 1. The lowest BCUT2D eigenvalue weighted by Gasteiger charge is -2.01. The molecule has 0 fully saturated rings. The van der Waals surface area contributed by atoms with E-state index in [1.807, 2.05) is 18.2 Å². The number of aromatic nitrogens is 2. The van der Waals surface area contributed by atoms with Crippen LogP contribution >= 0.6 is 0 Å². The molecule has 15 heavy (non-hydrogen) atoms. The molecule has 0 radical (unpaired) electrons. The van der Waals surface area contributed by atoms with Crippen LogP contribution < -0.4 is 10.5 Å². The van der Waals surface area contributed by atoms with Crippen LogP contribution in [0.3, 0.4) is 0 Å². The minimum Gasteiger partial charge on any atom is -0.478 e. The van der Waals surface area contributed by atoms with E-state index in [0.717, 1.165) is 0 Å². The van der Waals surface area contributed by atoms with Gasteiger partial charge in [0.05, 0.1) is 12.8 Å². The number of hydrogen-bond donors (Lipinski definition) is 1. The highest BCUT2D eigenvalue weighted by molar-refractivity contribution is 5.45. The highest BCUT2D eigenvalue weighted by Crippen LogP contribution is 2.23. The largest absolute Gasteiger partial charge is 0.478 e. The topological polar surface area (TPSA) is 53.1 Å². The van der Waals surface area contributed by atoms with E-state index in [0.29, 0.717) is 5.69 Å². The zero-order valence-corrected chi connectivity index (χ0v) is 8.14. The number of rotatable bonds is 2. The van der Waals surface area contributed by atoms with Gasteiger partial charge in [-0.15, -0.1) is 5.10 Å². The predicted molar refractivity (Wildman–Crippen MR) is 54.5 cm³/mol. The van der Waals surface area contributed by atoms with E-state index in [1.54, 1.807) is 12.1 Å². The van der Waals surface area contributed by atoms with Gasteiger partial charge in [-0.25, -0.2) is 4.68 Å². The lowest BCUT2D eigenvalue weighted by molar-refractivity contribution is 0.371. The first kappa shape index (κ1) is 9.51. The van der Waals surface area contributed by atoms with E-state index in [9.17, 15) is 4.39 Å². The first-order chi connectivity index (χ1) is 7.24. The van der Waals surface area contributed by atoms with Crippen LogP contribution in [0.4, 0.5) is 10.2 Å². The summed E-state index contributed by atoms with van der Waals surface area (Å²) in [7, 11) is 1.35. The summed E-state index contributed by atoms with van der Waals surface area (Å²) in [6.07, 6.45) is 0. The van der Waals surface area contributed by atoms with Gasteiger partial charge in [-0.05, 0) is 12.1 Å². The van der Waals surface area contributed by atoms with Crippen LogP contribution in [-0.4, -0.2) is 16.9 Å². The standard InChI is InChI=1S/C10H10FN3O/c1-15-10-8(11)9(12)14(13-10)7-5-3-2-4-6-7/h2-6H,12H2,1H3. The predicted octanol–water partition coefficient (Wildman–Crippen LogP) is 1.60. The van der Waals surface area contributed by atoms with Crippen LogP contribution in [-0.2, 0) is 0 Å². The summed E-state index contributed by atoms with van der Waals surface area (Å²) in [5, 5.41) is 3.89. The van der Waals surface area contributed by atoms with Crippen molar-refractivity contribution < 1.29 is 9.13 Å². The Balaban J connectivity index is 2.55. The Morgan fingerprint density at radius 3 is 2.53 bits per heavy atom. The molecular formula is C10H10FN3O. The second kappa shape index (κ2) is 3.61. The molecule has 1 heterocycles. The van der Waals surface area contributed by atoms with Crippen molar-refractivity contribution in [2.75, 3.05) is 12.8 Å². The lowest BCUT2D eigenvalue weighted by atomic mass is 10.3. The van der Waals surface area contributed by atoms with Gasteiger partial charge >= 0.3 is 0 Å². The highest BCUT2D eigenvalue weighted by atomic mass is 19.1. The van der Waals surface area contributed by atoms with Crippen LogP contribution in [0.25, 0.3) is 5.69 Å². The van der Waals surface area contributed by atoms with Crippen LogP contribution in [0.2, 0.25) is 0 Å². The summed E-state index contributed by atoms with van der Waals surface area (Å²) in [6.45, 7) is 0. The Labute approximate surface area is 86.1 Å². The van der Waals surface area contributed by atoms with Gasteiger partial charge in [-0.2, -0.15) is 4.39 Å². The Bertz CT molecular complexity index is 467. The third-order valence-electron chi connectivity index (χ3n) is 2.03. The molecule has 0 amide bonds. The Morgan fingerprint density at radius 2 is 2.00 bits per heavy atom. The average molecular weight is 207 g/mol. The number of methoxy groups -OCH3 is 1. The number of halogens is 1. The number of ether oxygens (including phenoxy) is 1. The van der Waals surface area contributed by atoms with E-state index in [-0.39, 0.29) is 11.7 Å². The molecule has 0 spiro atoms. The average Bonchev–Trinajstić information content (AvgIpc) is 2.57. The first-order valence-corrected chi connectivity index (χ1v) is 4.37. The van der Waals surface area contributed by atoms with Crippen molar-refractivity contribution >= 4 is 5.82 Å². The summed E-state index contributed by atoms with van der Waals surface area (Å²) >= 11 is 0. The molecule has 2 N–H and O–H groups in total. The second-order valence-corrected chi connectivity index (χ2v) is 2.96. The van der Waals surface area contributed by atoms with Gasteiger partial charge in [0.15, 0.2) is 5.82 Å². The quantitative estimate of drug-likeness (QED) is 0.813.